The van der Waals surface area contributed by atoms with Gasteiger partial charge in [0.15, 0.2) is 0 Å². The molecule has 2 aliphatic carbocycles. The number of hydrogen-bond acceptors (Lipinski definition) is 4. The number of carbonyl (C=O) groups is 2. The zero-order chi connectivity index (χ0) is 17.7. The van der Waals surface area contributed by atoms with Gasteiger partial charge in [0.05, 0.1) is 11.2 Å². The summed E-state index contributed by atoms with van der Waals surface area (Å²) in [6, 6.07) is 0. The molecule has 24 heavy (non-hydrogen) atoms. The smallest absolute Gasteiger partial charge is 0.336 e. The number of fused-ring (bicyclic) bond motifs is 7. The van der Waals surface area contributed by atoms with Crippen molar-refractivity contribution in [2.75, 3.05) is 0 Å². The Bertz CT molecular complexity index is 690. The van der Waals surface area contributed by atoms with E-state index in [9.17, 15) is 9.59 Å². The normalized spacial score (nSPS) is 53.0. The maximum absolute atomic E-state index is 13.2. The van der Waals surface area contributed by atoms with Crippen LogP contribution in [0, 0.1) is 28.6 Å². The van der Waals surface area contributed by atoms with Gasteiger partial charge in [0.25, 0.3) is 0 Å². The Morgan fingerprint density at radius 2 is 1.88 bits per heavy atom. The molecule has 2 aliphatic heterocycles. The second-order valence-corrected chi connectivity index (χ2v) is 8.88. The van der Waals surface area contributed by atoms with E-state index < -0.39 is 11.0 Å². The van der Waals surface area contributed by atoms with Crippen molar-refractivity contribution >= 4 is 11.8 Å². The zero-order valence-electron chi connectivity index (χ0n) is 15.1. The van der Waals surface area contributed by atoms with E-state index in [0.29, 0.717) is 5.57 Å². The summed E-state index contributed by atoms with van der Waals surface area (Å²) in [4.78, 5) is 25.4. The Balaban J connectivity index is 1.89. The van der Waals surface area contributed by atoms with Crippen molar-refractivity contribution in [2.45, 2.75) is 58.8 Å². The zero-order valence-corrected chi connectivity index (χ0v) is 15.1. The van der Waals surface area contributed by atoms with E-state index in [1.807, 2.05) is 33.8 Å². The molecule has 4 nitrogen and oxygen atoms in total. The number of ketones is 1. The SMILES string of the molecule is C=CC1C(C)(C)C(=O)C2CC1(C)C1C3OC(=O)C(=CC)C3OC21C. The number of hydrogen-bond donors (Lipinski definition) is 0. The number of esters is 1. The average Bonchev–Trinajstić information content (AvgIpc) is 3.00. The highest BCUT2D eigenvalue weighted by atomic mass is 16.6. The maximum atomic E-state index is 13.2. The number of Topliss-reactive ketones (excluding diaryl/α,β-unsaturated/α-hetero) is 1. The minimum absolute atomic E-state index is 0.00937. The van der Waals surface area contributed by atoms with E-state index in [1.54, 1.807) is 6.08 Å². The molecule has 0 aromatic carbocycles. The van der Waals surface area contributed by atoms with Crippen LogP contribution in [0.25, 0.3) is 0 Å². The van der Waals surface area contributed by atoms with E-state index in [4.69, 9.17) is 9.47 Å². The summed E-state index contributed by atoms with van der Waals surface area (Å²) in [6.45, 7) is 14.2. The van der Waals surface area contributed by atoms with Crippen LogP contribution in [0.2, 0.25) is 0 Å². The van der Waals surface area contributed by atoms with Crippen molar-refractivity contribution in [3.8, 4) is 0 Å². The monoisotopic (exact) mass is 330 g/mol. The molecule has 4 aliphatic rings. The van der Waals surface area contributed by atoms with Crippen molar-refractivity contribution in [1.29, 1.82) is 0 Å². The minimum atomic E-state index is -0.578. The van der Waals surface area contributed by atoms with Gasteiger partial charge in [-0.25, -0.2) is 4.79 Å². The van der Waals surface area contributed by atoms with E-state index >= 15 is 0 Å². The third kappa shape index (κ3) is 1.50. The van der Waals surface area contributed by atoms with Gasteiger partial charge in [-0.3, -0.25) is 4.79 Å². The molecule has 130 valence electrons. The van der Waals surface area contributed by atoms with Crippen LogP contribution in [0.15, 0.2) is 24.3 Å². The highest BCUT2D eigenvalue weighted by Gasteiger charge is 2.77. The molecule has 0 aromatic heterocycles. The van der Waals surface area contributed by atoms with Gasteiger partial charge in [-0.2, -0.15) is 0 Å². The maximum Gasteiger partial charge on any atom is 0.336 e. The molecule has 2 heterocycles. The number of carbonyl (C=O) groups excluding carboxylic acids is 2. The van der Waals surface area contributed by atoms with Crippen molar-refractivity contribution < 1.29 is 19.1 Å². The lowest BCUT2D eigenvalue weighted by Crippen LogP contribution is -2.50. The first-order chi connectivity index (χ1) is 11.1. The fraction of sp³-hybridized carbons (Fsp3) is 0.700. The Morgan fingerprint density at radius 1 is 1.21 bits per heavy atom. The predicted molar refractivity (Wildman–Crippen MR) is 89.1 cm³/mol. The first kappa shape index (κ1) is 16.1. The molecule has 4 rings (SSSR count). The van der Waals surface area contributed by atoms with Crippen molar-refractivity contribution in [2.24, 2.45) is 28.6 Å². The Labute approximate surface area is 143 Å². The van der Waals surface area contributed by atoms with Crippen LogP contribution in [0.1, 0.15) is 41.0 Å². The van der Waals surface area contributed by atoms with Crippen molar-refractivity contribution in [1.82, 2.24) is 0 Å². The molecular weight excluding hydrogens is 304 g/mol. The molecule has 2 bridgehead atoms. The van der Waals surface area contributed by atoms with Gasteiger partial charge in [-0.1, -0.05) is 32.9 Å². The fourth-order valence-corrected chi connectivity index (χ4v) is 6.64. The van der Waals surface area contributed by atoms with E-state index in [0.717, 1.165) is 6.42 Å². The van der Waals surface area contributed by atoms with Crippen LogP contribution in [-0.4, -0.2) is 29.6 Å². The molecule has 0 amide bonds. The van der Waals surface area contributed by atoms with Crippen LogP contribution in [0.3, 0.4) is 0 Å². The summed E-state index contributed by atoms with van der Waals surface area (Å²) in [7, 11) is 0. The fourth-order valence-electron chi connectivity index (χ4n) is 6.64. The highest BCUT2D eigenvalue weighted by molar-refractivity contribution is 5.93. The first-order valence-corrected chi connectivity index (χ1v) is 8.84. The lowest BCUT2D eigenvalue weighted by molar-refractivity contribution is -0.148. The topological polar surface area (TPSA) is 52.6 Å². The molecule has 4 fully saturated rings. The van der Waals surface area contributed by atoms with E-state index in [-0.39, 0.29) is 47.1 Å². The van der Waals surface area contributed by atoms with Crippen LogP contribution in [-0.2, 0) is 19.1 Å². The number of allylic oxidation sites excluding steroid dienone is 2. The Hall–Kier alpha value is -1.42. The van der Waals surface area contributed by atoms with E-state index in [2.05, 4.69) is 13.5 Å². The number of ether oxygens (including phenoxy) is 2. The van der Waals surface area contributed by atoms with Crippen LogP contribution in [0.4, 0.5) is 0 Å². The molecule has 2 saturated carbocycles. The van der Waals surface area contributed by atoms with Gasteiger partial charge < -0.3 is 9.47 Å². The Kier molecular flexibility index (Phi) is 2.95. The molecule has 7 atom stereocenters. The summed E-state index contributed by atoms with van der Waals surface area (Å²) in [6.07, 6.45) is 3.85. The lowest BCUT2D eigenvalue weighted by atomic mass is 9.54. The van der Waals surface area contributed by atoms with Crippen LogP contribution in [0.5, 0.6) is 0 Å². The first-order valence-electron chi connectivity index (χ1n) is 8.84. The predicted octanol–water partition coefficient (Wildman–Crippen LogP) is 3.07. The summed E-state index contributed by atoms with van der Waals surface area (Å²) < 4.78 is 12.2. The minimum Gasteiger partial charge on any atom is -0.455 e. The molecule has 2 saturated heterocycles. The highest BCUT2D eigenvalue weighted by Crippen LogP contribution is 2.71. The average molecular weight is 330 g/mol. The molecule has 0 spiro atoms. The summed E-state index contributed by atoms with van der Waals surface area (Å²) in [5.74, 6) is -0.129. The number of rotatable bonds is 1. The molecule has 7 unspecified atom stereocenters. The standard InChI is InChI=1S/C20H26O4/c1-7-10-13-14(23-17(10)22)15-19(5)9-11(20(15,6)24-13)16(21)18(3,4)12(19)8-2/h7-8,11-15H,2,9H2,1,3-6H3. The second kappa shape index (κ2) is 4.40. The molecule has 0 aromatic rings. The van der Waals surface area contributed by atoms with Crippen LogP contribution < -0.4 is 0 Å². The second-order valence-electron chi connectivity index (χ2n) is 8.88. The quantitative estimate of drug-likeness (QED) is 0.421. The lowest BCUT2D eigenvalue weighted by Gasteiger charge is -2.48. The van der Waals surface area contributed by atoms with Gasteiger partial charge in [-0.15, -0.1) is 6.58 Å². The van der Waals surface area contributed by atoms with Crippen molar-refractivity contribution in [3.63, 3.8) is 0 Å². The third-order valence-electron chi connectivity index (χ3n) is 7.44. The van der Waals surface area contributed by atoms with Gasteiger partial charge in [0.1, 0.15) is 18.0 Å². The third-order valence-corrected chi connectivity index (χ3v) is 7.44. The largest absolute Gasteiger partial charge is 0.455 e. The summed E-state index contributed by atoms with van der Waals surface area (Å²) in [5.41, 5.74) is -0.622. The van der Waals surface area contributed by atoms with E-state index in [1.165, 1.54) is 0 Å². The molecular formula is C20H26O4. The summed E-state index contributed by atoms with van der Waals surface area (Å²) >= 11 is 0. The molecule has 4 heteroatoms. The molecule has 0 N–H and O–H groups in total. The van der Waals surface area contributed by atoms with Gasteiger partial charge in [0.2, 0.25) is 0 Å². The van der Waals surface area contributed by atoms with Crippen molar-refractivity contribution in [3.05, 3.63) is 24.3 Å². The van der Waals surface area contributed by atoms with Crippen LogP contribution >= 0.6 is 0 Å². The molecule has 0 radical (unpaired) electrons. The Morgan fingerprint density at radius 3 is 2.46 bits per heavy atom. The summed E-state index contributed by atoms with van der Waals surface area (Å²) in [5, 5.41) is 0. The van der Waals surface area contributed by atoms with Gasteiger partial charge in [-0.05, 0) is 31.6 Å². The van der Waals surface area contributed by atoms with Gasteiger partial charge >= 0.3 is 5.97 Å². The van der Waals surface area contributed by atoms with Gasteiger partial charge in [0, 0.05) is 17.3 Å².